The summed E-state index contributed by atoms with van der Waals surface area (Å²) in [5.41, 5.74) is 0. The molecular weight excluding hydrogens is 2030 g/mol. The fraction of sp³-hybridized carbons (Fsp3) is 0.924. The van der Waals surface area contributed by atoms with Gasteiger partial charge in [0.2, 0.25) is 29.5 Å². The van der Waals surface area contributed by atoms with E-state index in [-0.39, 0.29) is 0 Å². The Morgan fingerprint density at radius 3 is 1.08 bits per heavy atom. The fourth-order valence-electron chi connectivity index (χ4n) is 18.6. The van der Waals surface area contributed by atoms with Gasteiger partial charge in [-0.05, 0) is 6.92 Å². The molecule has 11 aliphatic rings. The summed E-state index contributed by atoms with van der Waals surface area (Å²) in [6.07, 6.45) is -114. The van der Waals surface area contributed by atoms with Crippen LogP contribution in [0.25, 0.3) is 0 Å². The SMILES string of the molecule is CC(=O)N[C@H]1[C@H](O[C@H]2[C@H](O)[C@@H](NC(C)=O)C(O)O[C@@H]2CO[C@@H]2O[C@@H](C)[C@@H](O)[C@@H](O)[C@@H]2O)O[C@H](CO)[C@@H](O[C@@H]2O[C@H](CO[C@H]3O[C@H](CO)[C@@H](O)[C@H](O)[C@@H]3O[C@@H]3O[C@H](CO)[C@@H](O[C@@H]4O[C@H](CO)[C@H](O)[C@H](OS(=O)(=O)O)[C@H]4O)[C@H](O)[C@H]3NC(C)=O)[C@@H](O)[C@H](O[C@H]3O[C@H](CO)[C@@H](O)[C@H](O)[C@@H]3O[C@@H]3O[C@H](CO)[C@@H](O[C@@H]4O[C@H](CO)[C@H](O)[C@H](O[C@]5(C(=O)O)C[C@H](O)[C@@H](NC(C)=O)[C@H]([C@H](O)[C@H](O)CO)O5)[C@H]4O)[C@H](O)[C@H]3NC(C)=O)[C@@H]2O)[C@@H]1O. The molecule has 36 N–H and O–H groups in total. The van der Waals surface area contributed by atoms with E-state index in [1.165, 1.54) is 6.92 Å². The van der Waals surface area contributed by atoms with Gasteiger partial charge in [0.1, 0.15) is 256 Å². The molecule has 0 aromatic heterocycles. The van der Waals surface area contributed by atoms with E-state index < -0.39 is 461 Å². The highest BCUT2D eigenvalue weighted by Crippen LogP contribution is 2.44. The summed E-state index contributed by atoms with van der Waals surface area (Å²) in [6, 6.07) is -10.0. The number of hydrogen-bond donors (Lipinski definition) is 36. The van der Waals surface area contributed by atoms with Crippen molar-refractivity contribution < 1.29 is 299 Å². The maximum atomic E-state index is 13.4. The van der Waals surface area contributed by atoms with Crippen LogP contribution < -0.4 is 26.6 Å². The van der Waals surface area contributed by atoms with Crippen LogP contribution in [0.5, 0.6) is 0 Å². The Labute approximate surface area is 825 Å². The van der Waals surface area contributed by atoms with Gasteiger partial charge in [-0.2, -0.15) is 8.42 Å². The number of carboxylic acid groups (broad SMARTS) is 1. The molecule has 0 saturated carbocycles. The molecule has 0 spiro atoms. The van der Waals surface area contributed by atoms with Crippen molar-refractivity contribution in [1.82, 2.24) is 26.6 Å². The molecule has 11 heterocycles. The smallest absolute Gasteiger partial charge is 0.397 e. The van der Waals surface area contributed by atoms with E-state index in [0.29, 0.717) is 0 Å². The molecule has 146 heavy (non-hydrogen) atoms. The van der Waals surface area contributed by atoms with Crippen LogP contribution in [-0.4, -0.2) is 611 Å². The molecule has 1 unspecified atom stereocenters. The number of hydrogen-bond acceptors (Lipinski definition) is 59. The van der Waals surface area contributed by atoms with Crippen molar-refractivity contribution >= 4 is 45.9 Å². The van der Waals surface area contributed by atoms with Crippen molar-refractivity contribution in [3.63, 3.8) is 0 Å². The lowest BCUT2D eigenvalue weighted by atomic mass is 9.88. The Morgan fingerprint density at radius 1 is 0.329 bits per heavy atom. The van der Waals surface area contributed by atoms with E-state index in [4.69, 9.17) is 99.5 Å². The Balaban J connectivity index is 0.924. The number of amides is 5. The largest absolute Gasteiger partial charge is 0.477 e. The molecule has 0 radical (unpaired) electrons. The minimum atomic E-state index is -5.54. The first kappa shape index (κ1) is 121. The second-order valence-electron chi connectivity index (χ2n) is 36.5. The Hall–Kier alpha value is -5.31. The van der Waals surface area contributed by atoms with Gasteiger partial charge < -0.3 is 279 Å². The lowest BCUT2D eigenvalue weighted by Gasteiger charge is -2.51. The molecule has 844 valence electrons. The first-order chi connectivity index (χ1) is 68.7. The highest BCUT2D eigenvalue weighted by molar-refractivity contribution is 7.80. The van der Waals surface area contributed by atoms with Gasteiger partial charge in [0.05, 0.1) is 84.3 Å². The van der Waals surface area contributed by atoms with Gasteiger partial charge in [-0.3, -0.25) is 28.5 Å². The van der Waals surface area contributed by atoms with Crippen molar-refractivity contribution in [1.29, 1.82) is 0 Å². The Bertz CT molecular complexity index is 4300. The summed E-state index contributed by atoms with van der Waals surface area (Å²) in [4.78, 5) is 78.1. The average molecular weight is 2160 g/mol. The van der Waals surface area contributed by atoms with Gasteiger partial charge >= 0.3 is 16.4 Å². The molecule has 11 saturated heterocycles. The molecule has 11 rings (SSSR count). The summed E-state index contributed by atoms with van der Waals surface area (Å²) >= 11 is 0. The maximum absolute atomic E-state index is 13.4. The van der Waals surface area contributed by atoms with Crippen LogP contribution in [-0.2, 0) is 143 Å². The second-order valence-corrected chi connectivity index (χ2v) is 37.5. The number of aliphatic carboxylic acids is 1. The molecule has 0 bridgehead atoms. The Kier molecular flexibility index (Phi) is 42.9. The molecule has 0 aliphatic carbocycles. The van der Waals surface area contributed by atoms with Crippen LogP contribution >= 0.6 is 0 Å². The zero-order chi connectivity index (χ0) is 108. The molecule has 5 amide bonds. The van der Waals surface area contributed by atoms with Crippen LogP contribution in [0.2, 0.25) is 0 Å². The highest BCUT2D eigenvalue weighted by Gasteiger charge is 2.65. The van der Waals surface area contributed by atoms with Crippen molar-refractivity contribution in [3.05, 3.63) is 0 Å². The van der Waals surface area contributed by atoms with Gasteiger partial charge in [-0.25, -0.2) is 8.98 Å². The fourth-order valence-corrected chi connectivity index (χ4v) is 19.1. The van der Waals surface area contributed by atoms with E-state index in [1.807, 2.05) is 0 Å². The number of carbonyl (C=O) groups is 6. The first-order valence-corrected chi connectivity index (χ1v) is 47.2. The monoisotopic (exact) mass is 2160 g/mol. The van der Waals surface area contributed by atoms with Crippen molar-refractivity contribution in [2.75, 3.05) is 66.1 Å². The summed E-state index contributed by atoms with van der Waals surface area (Å²) in [5, 5.41) is 352. The number of carbonyl (C=O) groups excluding carboxylic acids is 5. The third kappa shape index (κ3) is 27.2. The summed E-state index contributed by atoms with van der Waals surface area (Å²) in [7, 11) is -5.54. The van der Waals surface area contributed by atoms with E-state index in [0.717, 1.165) is 34.6 Å². The number of aliphatic hydroxyl groups is 29. The van der Waals surface area contributed by atoms with Gasteiger partial charge in [0.25, 0.3) is 5.79 Å². The van der Waals surface area contributed by atoms with Gasteiger partial charge in [-0.1, -0.05) is 0 Å². The molecule has 67 heteroatoms. The quantitative estimate of drug-likeness (QED) is 0.0253. The molecular formula is C79H131N5O61S. The third-order valence-electron chi connectivity index (χ3n) is 26.1. The zero-order valence-corrected chi connectivity index (χ0v) is 78.9. The molecule has 11 aliphatic heterocycles. The summed E-state index contributed by atoms with van der Waals surface area (Å²) in [6.45, 7) is -6.74. The van der Waals surface area contributed by atoms with Crippen LogP contribution in [0.4, 0.5) is 0 Å². The molecule has 66 nitrogen and oxygen atoms in total. The van der Waals surface area contributed by atoms with Crippen molar-refractivity contribution in [3.8, 4) is 0 Å². The number of aliphatic hydroxyl groups excluding tert-OH is 29. The van der Waals surface area contributed by atoms with E-state index in [2.05, 4.69) is 30.8 Å². The summed E-state index contributed by atoms with van der Waals surface area (Å²) in [5.74, 6) is -10.6. The lowest BCUT2D eigenvalue weighted by molar-refractivity contribution is -0.401. The predicted molar refractivity (Wildman–Crippen MR) is 447 cm³/mol. The standard InChI is InChI=1S/C79H131N5O61S/c1-18-40(100)51(111)54(114)72(126-18)124-17-34-61(47(107)36(68(118)127-34)81-20(3)94)136-69-37(82-21(4)95)48(108)58(30(13-90)132-69)137-73-55(115)63(46(106)33(135-73)16-125-76-66(52(112)42(102)26(9-86)130-76)141-70-38(83-22(5)96)49(109)60(32(15-92)133-70)139-75-57(117)65(145-146(121,122)123)45(105)29(12-89)129-75)140-77-67(53(113)43(103)27(10-87)131-77)142-71-39(84-23(6)97)50(110)59(31(14-91)134-71)138-74-56(116)64(44(104)28(11-88)128-74)144-79(78(119)120)7-24(98)35(80-19(2)93)62(143-79)41(101)25(99)8-85/h18,24-77,85-92,98-118H,7-17H2,1-6H3,(H,80,93)(H,81,94)(H,82,95)(H,83,96)(H,84,97)(H,119,120)(H,121,122,123)/t18-,24-,25+,26+,27+,28+,29+,30+,31+,32+,33+,34+,35+,36+,37+,38+,39+,40+,41+,42+,43+,44-,45-,46+,47+,48+,49+,50+,51+,52-,53-,54-,55-,56+,57+,58+,59+,60+,61+,62+,63-,64-,65-,66-,67-,68?,69-,70-,71-,72+,73-,74-,75-,76-,77+,79-/m0/s1. The van der Waals surface area contributed by atoms with E-state index >= 15 is 0 Å². The van der Waals surface area contributed by atoms with Crippen molar-refractivity contribution in [2.45, 2.75) is 391 Å². The molecule has 0 aromatic carbocycles. The highest BCUT2D eigenvalue weighted by atomic mass is 32.3. The van der Waals surface area contributed by atoms with Gasteiger partial charge in [-0.15, -0.1) is 0 Å². The number of carboxylic acids is 1. The number of rotatable bonds is 40. The molecule has 56 atom stereocenters. The lowest BCUT2D eigenvalue weighted by Crippen LogP contribution is -2.71. The predicted octanol–water partition coefficient (Wildman–Crippen LogP) is -24.2. The second kappa shape index (κ2) is 51.8. The normalized spacial score (nSPS) is 47.2. The van der Waals surface area contributed by atoms with Crippen LogP contribution in [0.15, 0.2) is 0 Å². The van der Waals surface area contributed by atoms with Crippen molar-refractivity contribution in [2.24, 2.45) is 0 Å². The number of nitrogens with one attached hydrogen (secondary N) is 5. The topological polar surface area (TPSA) is 1030 Å². The van der Waals surface area contributed by atoms with Gasteiger partial charge in [0.15, 0.2) is 62.9 Å². The average Bonchev–Trinajstić information content (AvgIpc) is 0.736. The van der Waals surface area contributed by atoms with Crippen LogP contribution in [0.3, 0.4) is 0 Å². The minimum absolute atomic E-state index is 0.827. The summed E-state index contributed by atoms with van der Waals surface area (Å²) < 4.78 is 163. The van der Waals surface area contributed by atoms with E-state index in [9.17, 15) is 195 Å². The number of ether oxygens (including phenoxy) is 21. The van der Waals surface area contributed by atoms with E-state index in [1.54, 1.807) is 0 Å². The van der Waals surface area contributed by atoms with Gasteiger partial charge in [0, 0.05) is 41.0 Å². The van der Waals surface area contributed by atoms with Crippen LogP contribution in [0, 0.1) is 0 Å². The maximum Gasteiger partial charge on any atom is 0.397 e. The minimum Gasteiger partial charge on any atom is -0.477 e. The first-order valence-electron chi connectivity index (χ1n) is 45.8. The third-order valence-corrected chi connectivity index (χ3v) is 26.6. The van der Waals surface area contributed by atoms with Crippen LogP contribution in [0.1, 0.15) is 48.0 Å². The zero-order valence-electron chi connectivity index (χ0n) is 78.1. The molecule has 11 fully saturated rings. The Morgan fingerprint density at radius 2 is 0.658 bits per heavy atom. The molecule has 0 aromatic rings.